The smallest absolute Gasteiger partial charge is 0.154 e. The van der Waals surface area contributed by atoms with E-state index in [1.807, 2.05) is 24.3 Å². The minimum atomic E-state index is -0.999. The highest BCUT2D eigenvalue weighted by atomic mass is 16.1. The van der Waals surface area contributed by atoms with Crippen molar-refractivity contribution in [3.63, 3.8) is 0 Å². The number of carbonyl (C=O) groups excluding carboxylic acids is 1. The van der Waals surface area contributed by atoms with Gasteiger partial charge in [0, 0.05) is 0 Å². The molecule has 0 saturated heterocycles. The molecule has 0 aromatic heterocycles. The molecule has 0 saturated carbocycles. The summed E-state index contributed by atoms with van der Waals surface area (Å²) in [5.74, 6) is -0.124. The number of carbonyl (C=O) groups is 1. The summed E-state index contributed by atoms with van der Waals surface area (Å²) in [5, 5.41) is 8.94. The Balaban J connectivity index is 3.21. The first-order valence-corrected chi connectivity index (χ1v) is 4.09. The first kappa shape index (κ1) is 9.47. The van der Waals surface area contributed by atoms with Crippen LogP contribution in [-0.2, 0) is 10.2 Å². The lowest BCUT2D eigenvalue weighted by Gasteiger charge is -2.17. The third-order valence-electron chi connectivity index (χ3n) is 2.28. The predicted molar refractivity (Wildman–Crippen MR) is 50.1 cm³/mol. The number of nitrogens with zero attached hydrogens (tertiary/aromatic N) is 1. The summed E-state index contributed by atoms with van der Waals surface area (Å²) >= 11 is 0. The average molecular weight is 173 g/mol. The summed E-state index contributed by atoms with van der Waals surface area (Å²) in [6.07, 6.45) is 0. The maximum absolute atomic E-state index is 11.3. The van der Waals surface area contributed by atoms with Crippen LogP contribution in [-0.4, -0.2) is 5.78 Å². The van der Waals surface area contributed by atoms with Crippen molar-refractivity contribution in [2.45, 2.75) is 19.3 Å². The van der Waals surface area contributed by atoms with Gasteiger partial charge in [0.25, 0.3) is 0 Å². The Morgan fingerprint density at radius 3 is 2.31 bits per heavy atom. The van der Waals surface area contributed by atoms with Crippen LogP contribution in [0.4, 0.5) is 0 Å². The summed E-state index contributed by atoms with van der Waals surface area (Å²) in [7, 11) is 0. The number of nitriles is 1. The number of Topliss-reactive ketones (excluding diaryl/α,β-unsaturated/α-hetero) is 1. The van der Waals surface area contributed by atoms with Crippen LogP contribution < -0.4 is 0 Å². The van der Waals surface area contributed by atoms with Gasteiger partial charge in [-0.1, -0.05) is 30.3 Å². The zero-order chi connectivity index (χ0) is 9.90. The number of ketones is 1. The van der Waals surface area contributed by atoms with Gasteiger partial charge in [0.2, 0.25) is 0 Å². The minimum absolute atomic E-state index is 0.124. The van der Waals surface area contributed by atoms with E-state index in [1.165, 1.54) is 6.92 Å². The summed E-state index contributed by atoms with van der Waals surface area (Å²) in [6.45, 7) is 3.08. The van der Waals surface area contributed by atoms with E-state index in [1.54, 1.807) is 19.1 Å². The SMILES string of the molecule is CC(=O)[C@@](C)(C#N)c1ccccc1. The van der Waals surface area contributed by atoms with E-state index in [9.17, 15) is 4.79 Å². The van der Waals surface area contributed by atoms with E-state index in [-0.39, 0.29) is 5.78 Å². The third kappa shape index (κ3) is 1.59. The number of hydrogen-bond donors (Lipinski definition) is 0. The summed E-state index contributed by atoms with van der Waals surface area (Å²) in [5.41, 5.74) is -0.244. The normalized spacial score (nSPS) is 14.2. The maximum atomic E-state index is 11.3. The fraction of sp³-hybridized carbons (Fsp3) is 0.273. The quantitative estimate of drug-likeness (QED) is 0.686. The molecule has 0 bridgehead atoms. The first-order chi connectivity index (χ1) is 6.11. The largest absolute Gasteiger partial charge is 0.298 e. The lowest BCUT2D eigenvalue weighted by Crippen LogP contribution is -2.28. The number of hydrogen-bond acceptors (Lipinski definition) is 2. The summed E-state index contributed by atoms with van der Waals surface area (Å²) in [6, 6.07) is 11.2. The van der Waals surface area contributed by atoms with Crippen molar-refractivity contribution in [3.8, 4) is 6.07 Å². The fourth-order valence-corrected chi connectivity index (χ4v) is 1.12. The van der Waals surface area contributed by atoms with Crippen LogP contribution in [0, 0.1) is 11.3 Å². The van der Waals surface area contributed by atoms with Crippen LogP contribution in [0.15, 0.2) is 30.3 Å². The van der Waals surface area contributed by atoms with Gasteiger partial charge in [-0.05, 0) is 19.4 Å². The molecule has 0 fully saturated rings. The van der Waals surface area contributed by atoms with Crippen LogP contribution in [0.25, 0.3) is 0 Å². The molecule has 66 valence electrons. The van der Waals surface area contributed by atoms with E-state index >= 15 is 0 Å². The standard InChI is InChI=1S/C11H11NO/c1-9(13)11(2,8-12)10-6-4-3-5-7-10/h3-7H,1-2H3/t11-/m1/s1. The Hall–Kier alpha value is -1.62. The van der Waals surface area contributed by atoms with Gasteiger partial charge < -0.3 is 0 Å². The molecule has 1 rings (SSSR count). The Kier molecular flexibility index (Phi) is 2.48. The molecule has 0 aliphatic rings. The van der Waals surface area contributed by atoms with Gasteiger partial charge in [-0.2, -0.15) is 5.26 Å². The van der Waals surface area contributed by atoms with Crippen molar-refractivity contribution in [1.82, 2.24) is 0 Å². The van der Waals surface area contributed by atoms with Crippen LogP contribution in [0.3, 0.4) is 0 Å². The predicted octanol–water partition coefficient (Wildman–Crippen LogP) is 2.06. The molecule has 0 spiro atoms. The highest BCUT2D eigenvalue weighted by molar-refractivity contribution is 5.90. The second kappa shape index (κ2) is 3.40. The Labute approximate surface area is 77.8 Å². The second-order valence-electron chi connectivity index (χ2n) is 3.16. The Morgan fingerprint density at radius 1 is 1.38 bits per heavy atom. The second-order valence-corrected chi connectivity index (χ2v) is 3.16. The van der Waals surface area contributed by atoms with Gasteiger partial charge in [-0.15, -0.1) is 0 Å². The highest BCUT2D eigenvalue weighted by Gasteiger charge is 2.31. The van der Waals surface area contributed by atoms with E-state index in [2.05, 4.69) is 0 Å². The molecule has 0 N–H and O–H groups in total. The van der Waals surface area contributed by atoms with Crippen LogP contribution in [0.5, 0.6) is 0 Å². The molecule has 1 aromatic rings. The molecule has 1 atom stereocenters. The molecule has 0 unspecified atom stereocenters. The first-order valence-electron chi connectivity index (χ1n) is 4.09. The van der Waals surface area contributed by atoms with Gasteiger partial charge in [0.05, 0.1) is 6.07 Å². The molecule has 0 radical (unpaired) electrons. The van der Waals surface area contributed by atoms with Gasteiger partial charge in [-0.3, -0.25) is 4.79 Å². The Bertz CT molecular complexity index is 350. The molecule has 0 heterocycles. The van der Waals surface area contributed by atoms with E-state index < -0.39 is 5.41 Å². The molecule has 13 heavy (non-hydrogen) atoms. The van der Waals surface area contributed by atoms with Crippen LogP contribution >= 0.6 is 0 Å². The lowest BCUT2D eigenvalue weighted by molar-refractivity contribution is -0.120. The van der Waals surface area contributed by atoms with Crippen molar-refractivity contribution in [2.24, 2.45) is 0 Å². The van der Waals surface area contributed by atoms with Crippen molar-refractivity contribution in [2.75, 3.05) is 0 Å². The lowest BCUT2D eigenvalue weighted by atomic mass is 9.81. The average Bonchev–Trinajstić information content (AvgIpc) is 2.17. The van der Waals surface area contributed by atoms with Gasteiger partial charge >= 0.3 is 0 Å². The molecule has 1 aromatic carbocycles. The van der Waals surface area contributed by atoms with Gasteiger partial charge in [-0.25, -0.2) is 0 Å². The summed E-state index contributed by atoms with van der Waals surface area (Å²) < 4.78 is 0. The van der Waals surface area contributed by atoms with Crippen LogP contribution in [0.2, 0.25) is 0 Å². The maximum Gasteiger partial charge on any atom is 0.154 e. The van der Waals surface area contributed by atoms with Gasteiger partial charge in [0.1, 0.15) is 5.41 Å². The monoisotopic (exact) mass is 173 g/mol. The zero-order valence-corrected chi connectivity index (χ0v) is 7.74. The molecule has 2 nitrogen and oxygen atoms in total. The van der Waals surface area contributed by atoms with E-state index in [0.717, 1.165) is 5.56 Å². The molecule has 0 aliphatic carbocycles. The molecule has 0 aliphatic heterocycles. The molecule has 2 heteroatoms. The van der Waals surface area contributed by atoms with E-state index in [0.29, 0.717) is 0 Å². The van der Waals surface area contributed by atoms with Crippen molar-refractivity contribution >= 4 is 5.78 Å². The van der Waals surface area contributed by atoms with E-state index in [4.69, 9.17) is 5.26 Å². The Morgan fingerprint density at radius 2 is 1.92 bits per heavy atom. The van der Waals surface area contributed by atoms with Crippen molar-refractivity contribution < 1.29 is 4.79 Å². The molecular formula is C11H11NO. The van der Waals surface area contributed by atoms with Gasteiger partial charge in [0.15, 0.2) is 5.78 Å². The number of benzene rings is 1. The molecule has 0 amide bonds. The molecular weight excluding hydrogens is 162 g/mol. The fourth-order valence-electron chi connectivity index (χ4n) is 1.12. The highest BCUT2D eigenvalue weighted by Crippen LogP contribution is 2.23. The topological polar surface area (TPSA) is 40.9 Å². The zero-order valence-electron chi connectivity index (χ0n) is 7.74. The number of rotatable bonds is 2. The van der Waals surface area contributed by atoms with Crippen molar-refractivity contribution in [3.05, 3.63) is 35.9 Å². The third-order valence-corrected chi connectivity index (χ3v) is 2.28. The van der Waals surface area contributed by atoms with Crippen molar-refractivity contribution in [1.29, 1.82) is 5.26 Å². The summed E-state index contributed by atoms with van der Waals surface area (Å²) in [4.78, 5) is 11.3. The minimum Gasteiger partial charge on any atom is -0.298 e. The van der Waals surface area contributed by atoms with Crippen LogP contribution in [0.1, 0.15) is 19.4 Å².